The molecule has 0 fully saturated rings. The number of amides is 1. The van der Waals surface area contributed by atoms with Crippen molar-refractivity contribution >= 4 is 23.2 Å². The second-order valence-corrected chi connectivity index (χ2v) is 5.78. The molecule has 4 nitrogen and oxygen atoms in total. The van der Waals surface area contributed by atoms with Gasteiger partial charge < -0.3 is 10.1 Å². The lowest BCUT2D eigenvalue weighted by Crippen LogP contribution is -2.20. The third-order valence-corrected chi connectivity index (χ3v) is 3.62. The van der Waals surface area contributed by atoms with Gasteiger partial charge in [-0.15, -0.1) is 0 Å². The molecule has 0 aliphatic carbocycles. The van der Waals surface area contributed by atoms with Crippen LogP contribution in [0.2, 0.25) is 5.02 Å². The summed E-state index contributed by atoms with van der Waals surface area (Å²) in [4.78, 5) is 15.9. The van der Waals surface area contributed by atoms with E-state index in [4.69, 9.17) is 16.3 Å². The first-order chi connectivity index (χ1) is 10.5. The Morgan fingerprint density at radius 2 is 2.18 bits per heavy atom. The van der Waals surface area contributed by atoms with Gasteiger partial charge in [0.1, 0.15) is 5.75 Å². The maximum atomic E-state index is 11.9. The molecule has 0 spiro atoms. The van der Waals surface area contributed by atoms with Crippen LogP contribution in [0.4, 0.5) is 5.69 Å². The summed E-state index contributed by atoms with van der Waals surface area (Å²) in [6, 6.07) is 7.30. The number of nitrogens with one attached hydrogen (secondary N) is 1. The van der Waals surface area contributed by atoms with E-state index >= 15 is 0 Å². The van der Waals surface area contributed by atoms with Gasteiger partial charge in [0.25, 0.3) is 5.91 Å². The van der Waals surface area contributed by atoms with Gasteiger partial charge in [-0.1, -0.05) is 25.4 Å². The van der Waals surface area contributed by atoms with E-state index in [1.807, 2.05) is 19.1 Å². The van der Waals surface area contributed by atoms with Crippen molar-refractivity contribution < 1.29 is 9.53 Å². The van der Waals surface area contributed by atoms with Crippen LogP contribution in [0.15, 0.2) is 36.7 Å². The molecule has 0 unspecified atom stereocenters. The number of ether oxygens (including phenoxy) is 1. The Hall–Kier alpha value is -2.07. The largest absolute Gasteiger partial charge is 0.483 e. The van der Waals surface area contributed by atoms with Crippen molar-refractivity contribution in [2.24, 2.45) is 0 Å². The minimum atomic E-state index is -0.227. The molecule has 5 heteroatoms. The lowest BCUT2D eigenvalue weighted by molar-refractivity contribution is -0.118. The van der Waals surface area contributed by atoms with Crippen molar-refractivity contribution in [1.82, 2.24) is 4.98 Å². The van der Waals surface area contributed by atoms with Crippen molar-refractivity contribution in [2.45, 2.75) is 26.7 Å². The Labute approximate surface area is 135 Å². The fraction of sp³-hybridized carbons (Fsp3) is 0.294. The van der Waals surface area contributed by atoms with Crippen LogP contribution in [0.1, 0.15) is 30.9 Å². The first-order valence-electron chi connectivity index (χ1n) is 7.10. The average molecular weight is 319 g/mol. The quantitative estimate of drug-likeness (QED) is 0.899. The van der Waals surface area contributed by atoms with Crippen LogP contribution in [-0.2, 0) is 4.79 Å². The number of pyridine rings is 1. The van der Waals surface area contributed by atoms with Crippen LogP contribution in [0, 0.1) is 6.92 Å². The molecular formula is C17H19ClN2O2. The smallest absolute Gasteiger partial charge is 0.262 e. The number of anilines is 1. The zero-order chi connectivity index (χ0) is 16.1. The summed E-state index contributed by atoms with van der Waals surface area (Å²) in [5.74, 6) is 0.725. The number of carbonyl (C=O) groups is 1. The highest BCUT2D eigenvalue weighted by atomic mass is 35.5. The van der Waals surface area contributed by atoms with E-state index in [0.29, 0.717) is 16.5 Å². The number of hydrogen-bond acceptors (Lipinski definition) is 3. The minimum Gasteiger partial charge on any atom is -0.483 e. The topological polar surface area (TPSA) is 51.2 Å². The van der Waals surface area contributed by atoms with Gasteiger partial charge in [0.05, 0.1) is 11.9 Å². The van der Waals surface area contributed by atoms with Crippen LogP contribution < -0.4 is 10.1 Å². The summed E-state index contributed by atoms with van der Waals surface area (Å²) < 4.78 is 5.68. The van der Waals surface area contributed by atoms with Crippen LogP contribution in [0.5, 0.6) is 5.75 Å². The van der Waals surface area contributed by atoms with Crippen LogP contribution in [0.3, 0.4) is 0 Å². The molecule has 2 rings (SSSR count). The molecule has 0 aliphatic heterocycles. The molecular weight excluding hydrogens is 300 g/mol. The van der Waals surface area contributed by atoms with Crippen LogP contribution in [-0.4, -0.2) is 17.5 Å². The zero-order valence-corrected chi connectivity index (χ0v) is 13.6. The Bertz CT molecular complexity index is 657. The Kier molecular flexibility index (Phi) is 5.39. The molecule has 2 aromatic rings. The fourth-order valence-electron chi connectivity index (χ4n) is 2.02. The number of rotatable bonds is 5. The predicted octanol–water partition coefficient (Wildman–Crippen LogP) is 4.18. The summed E-state index contributed by atoms with van der Waals surface area (Å²) in [6.45, 7) is 5.97. The Morgan fingerprint density at radius 3 is 2.82 bits per heavy atom. The highest BCUT2D eigenvalue weighted by Crippen LogP contribution is 2.31. The van der Waals surface area contributed by atoms with E-state index in [2.05, 4.69) is 24.1 Å². The van der Waals surface area contributed by atoms with E-state index in [1.54, 1.807) is 24.5 Å². The maximum absolute atomic E-state index is 11.9. The first-order valence-corrected chi connectivity index (χ1v) is 7.48. The molecule has 0 bridgehead atoms. The number of aromatic nitrogens is 1. The van der Waals surface area contributed by atoms with Gasteiger partial charge in [0.15, 0.2) is 6.61 Å². The molecule has 1 heterocycles. The Balaban J connectivity index is 2.05. The van der Waals surface area contributed by atoms with Crippen LogP contribution >= 0.6 is 11.6 Å². The van der Waals surface area contributed by atoms with Crippen molar-refractivity contribution in [3.05, 3.63) is 52.8 Å². The van der Waals surface area contributed by atoms with Crippen LogP contribution in [0.25, 0.3) is 0 Å². The van der Waals surface area contributed by atoms with Gasteiger partial charge in [0, 0.05) is 11.2 Å². The van der Waals surface area contributed by atoms with Crippen molar-refractivity contribution in [2.75, 3.05) is 11.9 Å². The molecule has 0 saturated heterocycles. The molecule has 0 atom stereocenters. The molecule has 0 saturated carbocycles. The normalized spacial score (nSPS) is 10.6. The predicted molar refractivity (Wildman–Crippen MR) is 88.6 cm³/mol. The summed E-state index contributed by atoms with van der Waals surface area (Å²) in [5.41, 5.74) is 2.56. The molecule has 22 heavy (non-hydrogen) atoms. The number of benzene rings is 1. The number of aryl methyl sites for hydroxylation is 1. The lowest BCUT2D eigenvalue weighted by atomic mass is 10.0. The van der Waals surface area contributed by atoms with Gasteiger partial charge in [0.2, 0.25) is 0 Å². The highest BCUT2D eigenvalue weighted by molar-refractivity contribution is 6.31. The van der Waals surface area contributed by atoms with E-state index in [0.717, 1.165) is 11.1 Å². The minimum absolute atomic E-state index is 0.0598. The number of carbonyl (C=O) groups excluding carboxylic acids is 1. The zero-order valence-electron chi connectivity index (χ0n) is 12.9. The van der Waals surface area contributed by atoms with Gasteiger partial charge in [-0.2, -0.15) is 0 Å². The summed E-state index contributed by atoms with van der Waals surface area (Å²) >= 11 is 6.16. The van der Waals surface area contributed by atoms with Gasteiger partial charge in [-0.25, -0.2) is 0 Å². The monoisotopic (exact) mass is 318 g/mol. The molecule has 1 N–H and O–H groups in total. The first kappa shape index (κ1) is 16.3. The molecule has 1 aromatic heterocycles. The van der Waals surface area contributed by atoms with Crippen molar-refractivity contribution in [1.29, 1.82) is 0 Å². The fourth-order valence-corrected chi connectivity index (χ4v) is 2.20. The van der Waals surface area contributed by atoms with Gasteiger partial charge >= 0.3 is 0 Å². The van der Waals surface area contributed by atoms with Gasteiger partial charge in [-0.05, 0) is 48.2 Å². The third-order valence-electron chi connectivity index (χ3n) is 3.22. The maximum Gasteiger partial charge on any atom is 0.262 e. The summed E-state index contributed by atoms with van der Waals surface area (Å²) in [6.07, 6.45) is 3.24. The molecule has 1 aromatic carbocycles. The van der Waals surface area contributed by atoms with E-state index < -0.39 is 0 Å². The van der Waals surface area contributed by atoms with Gasteiger partial charge in [-0.3, -0.25) is 9.78 Å². The number of halogens is 1. The molecule has 0 radical (unpaired) electrons. The second-order valence-electron chi connectivity index (χ2n) is 5.37. The van der Waals surface area contributed by atoms with E-state index in [-0.39, 0.29) is 18.4 Å². The third kappa shape index (κ3) is 4.21. The van der Waals surface area contributed by atoms with E-state index in [9.17, 15) is 4.79 Å². The van der Waals surface area contributed by atoms with Crippen molar-refractivity contribution in [3.8, 4) is 5.75 Å². The average Bonchev–Trinajstić information content (AvgIpc) is 2.49. The number of hydrogen-bond donors (Lipinski definition) is 1. The molecule has 0 aliphatic rings. The lowest BCUT2D eigenvalue weighted by Gasteiger charge is -2.15. The molecule has 1 amide bonds. The van der Waals surface area contributed by atoms with Crippen molar-refractivity contribution in [3.63, 3.8) is 0 Å². The summed E-state index contributed by atoms with van der Waals surface area (Å²) in [7, 11) is 0. The van der Waals surface area contributed by atoms with E-state index in [1.165, 1.54) is 0 Å². The summed E-state index contributed by atoms with van der Waals surface area (Å²) in [5, 5.41) is 3.44. The Morgan fingerprint density at radius 1 is 1.41 bits per heavy atom. The standard InChI is InChI=1S/C17H19ClN2O2/c1-11(2)14-8-15(18)12(3)7-16(14)22-10-17(21)20-13-5-4-6-19-9-13/h4-9,11H,10H2,1-3H3,(H,20,21). The SMILES string of the molecule is Cc1cc(OCC(=O)Nc2cccnc2)c(C(C)C)cc1Cl. The molecule has 116 valence electrons. The highest BCUT2D eigenvalue weighted by Gasteiger charge is 2.12. The second kappa shape index (κ2) is 7.27. The number of nitrogens with zero attached hydrogens (tertiary/aromatic N) is 1.